The van der Waals surface area contributed by atoms with Gasteiger partial charge in [0.1, 0.15) is 11.5 Å². The second-order valence-electron chi connectivity index (χ2n) is 5.78. The third kappa shape index (κ3) is 5.34. The van der Waals surface area contributed by atoms with Gasteiger partial charge in [0, 0.05) is 37.1 Å². The van der Waals surface area contributed by atoms with E-state index in [1.165, 1.54) is 0 Å². The summed E-state index contributed by atoms with van der Waals surface area (Å²) in [6, 6.07) is 3.86. The van der Waals surface area contributed by atoms with Gasteiger partial charge < -0.3 is 40.1 Å². The van der Waals surface area contributed by atoms with Crippen LogP contribution in [-0.2, 0) is 9.59 Å². The lowest BCUT2D eigenvalue weighted by molar-refractivity contribution is -0.136. The Balaban J connectivity index is 1.75. The van der Waals surface area contributed by atoms with Gasteiger partial charge in [-0.25, -0.2) is 0 Å². The smallest absolute Gasteiger partial charge is 0.311 e. The highest BCUT2D eigenvalue weighted by molar-refractivity contribution is 5.74. The molecule has 0 saturated carbocycles. The van der Waals surface area contributed by atoms with E-state index in [1.54, 1.807) is 0 Å². The van der Waals surface area contributed by atoms with Crippen LogP contribution in [0.5, 0.6) is 46.0 Å². The average molecular weight is 394 g/mol. The molecular weight excluding hydrogens is 376 g/mol. The number of carbonyl (C=O) groups excluding carboxylic acids is 2. The summed E-state index contributed by atoms with van der Waals surface area (Å²) in [6.45, 7) is 0. The Morgan fingerprint density at radius 1 is 0.607 bits per heavy atom. The molecule has 2 aromatic carbocycles. The van der Waals surface area contributed by atoms with Crippen molar-refractivity contribution in [2.75, 3.05) is 0 Å². The molecule has 0 saturated heterocycles. The Morgan fingerprint density at radius 3 is 1.18 bits per heavy atom. The van der Waals surface area contributed by atoms with Crippen LogP contribution in [0.3, 0.4) is 0 Å². The summed E-state index contributed by atoms with van der Waals surface area (Å²) < 4.78 is 9.81. The first-order chi connectivity index (χ1) is 13.2. The summed E-state index contributed by atoms with van der Waals surface area (Å²) >= 11 is 0. The van der Waals surface area contributed by atoms with Crippen molar-refractivity contribution in [3.63, 3.8) is 0 Å². The molecule has 0 heterocycles. The van der Waals surface area contributed by atoms with Crippen molar-refractivity contribution in [2.45, 2.75) is 25.7 Å². The molecule has 28 heavy (non-hydrogen) atoms. The van der Waals surface area contributed by atoms with E-state index in [2.05, 4.69) is 0 Å². The van der Waals surface area contributed by atoms with Crippen molar-refractivity contribution in [3.05, 3.63) is 24.3 Å². The third-order valence-corrected chi connectivity index (χ3v) is 3.56. The minimum atomic E-state index is -0.728. The maximum Gasteiger partial charge on any atom is 0.311 e. The van der Waals surface area contributed by atoms with E-state index in [1.807, 2.05) is 0 Å². The van der Waals surface area contributed by atoms with Gasteiger partial charge in [-0.1, -0.05) is 0 Å². The number of ether oxygens (including phenoxy) is 2. The Hall–Kier alpha value is -3.82. The Kier molecular flexibility index (Phi) is 6.38. The van der Waals surface area contributed by atoms with Gasteiger partial charge in [-0.05, 0) is 12.8 Å². The molecule has 0 amide bonds. The normalized spacial score (nSPS) is 10.4. The molecule has 0 aliphatic heterocycles. The average Bonchev–Trinajstić information content (AvgIpc) is 2.61. The van der Waals surface area contributed by atoms with Crippen molar-refractivity contribution < 1.29 is 49.7 Å². The molecule has 0 radical (unpaired) electrons. The van der Waals surface area contributed by atoms with Crippen LogP contribution in [0.1, 0.15) is 25.7 Å². The zero-order valence-corrected chi connectivity index (χ0v) is 14.5. The number of esters is 2. The summed E-state index contributed by atoms with van der Waals surface area (Å²) in [5.74, 6) is -5.67. The van der Waals surface area contributed by atoms with E-state index in [9.17, 15) is 40.2 Å². The second-order valence-corrected chi connectivity index (χ2v) is 5.78. The third-order valence-electron chi connectivity index (χ3n) is 3.56. The summed E-state index contributed by atoms with van der Waals surface area (Å²) in [6.07, 6.45) is 0.430. The molecule has 0 unspecified atom stereocenters. The number of unbranched alkanes of at least 4 members (excludes halogenated alkanes) is 1. The maximum atomic E-state index is 11.7. The summed E-state index contributed by atoms with van der Waals surface area (Å²) in [4.78, 5) is 23.4. The van der Waals surface area contributed by atoms with Crippen molar-refractivity contribution in [2.24, 2.45) is 0 Å². The van der Waals surface area contributed by atoms with Crippen molar-refractivity contribution in [1.82, 2.24) is 0 Å². The van der Waals surface area contributed by atoms with E-state index in [0.717, 1.165) is 24.3 Å². The molecule has 0 bridgehead atoms. The molecule has 0 aliphatic rings. The number of phenols is 6. The minimum Gasteiger partial charge on any atom is -0.504 e. The molecule has 6 N–H and O–H groups in total. The minimum absolute atomic E-state index is 0.0591. The second kappa shape index (κ2) is 8.71. The molecule has 0 fully saturated rings. The van der Waals surface area contributed by atoms with Crippen molar-refractivity contribution >= 4 is 11.9 Å². The fraction of sp³-hybridized carbons (Fsp3) is 0.222. The van der Waals surface area contributed by atoms with Crippen LogP contribution in [-0.4, -0.2) is 42.6 Å². The Labute approximate surface area is 158 Å². The zero-order valence-electron chi connectivity index (χ0n) is 14.5. The van der Waals surface area contributed by atoms with Gasteiger partial charge >= 0.3 is 11.9 Å². The van der Waals surface area contributed by atoms with Gasteiger partial charge in [-0.3, -0.25) is 9.59 Å². The highest BCUT2D eigenvalue weighted by atomic mass is 16.5. The van der Waals surface area contributed by atoms with Crippen molar-refractivity contribution in [1.29, 1.82) is 0 Å². The summed E-state index contributed by atoms with van der Waals surface area (Å²) in [7, 11) is 0. The lowest BCUT2D eigenvalue weighted by atomic mass is 10.2. The quantitative estimate of drug-likeness (QED) is 0.176. The Bertz CT molecular complexity index is 770. The highest BCUT2D eigenvalue weighted by Crippen LogP contribution is 2.39. The number of benzene rings is 2. The molecule has 0 atom stereocenters. The summed E-state index contributed by atoms with van der Waals surface area (Å²) in [5.41, 5.74) is 0. The lowest BCUT2D eigenvalue weighted by Crippen LogP contribution is -2.10. The molecule has 10 heteroatoms. The van der Waals surface area contributed by atoms with Gasteiger partial charge in [-0.2, -0.15) is 0 Å². The van der Waals surface area contributed by atoms with Gasteiger partial charge in [0.05, 0.1) is 0 Å². The topological polar surface area (TPSA) is 174 Å². The van der Waals surface area contributed by atoms with Gasteiger partial charge in [0.2, 0.25) is 11.5 Å². The highest BCUT2D eigenvalue weighted by Gasteiger charge is 2.14. The number of rotatable bonds is 7. The molecule has 0 aliphatic carbocycles. The van der Waals surface area contributed by atoms with E-state index < -0.39 is 46.4 Å². The monoisotopic (exact) mass is 394 g/mol. The van der Waals surface area contributed by atoms with Gasteiger partial charge in [-0.15, -0.1) is 0 Å². The summed E-state index contributed by atoms with van der Waals surface area (Å²) in [5, 5.41) is 55.8. The number of carbonyl (C=O) groups is 2. The predicted octanol–water partition coefficient (Wildman–Crippen LogP) is 1.99. The first kappa shape index (κ1) is 20.5. The zero-order chi connectivity index (χ0) is 20.8. The number of hydrogen-bond acceptors (Lipinski definition) is 10. The molecule has 150 valence electrons. The Morgan fingerprint density at radius 2 is 0.893 bits per heavy atom. The number of aromatic hydroxyl groups is 6. The first-order valence-corrected chi connectivity index (χ1v) is 8.08. The first-order valence-electron chi connectivity index (χ1n) is 8.08. The van der Waals surface area contributed by atoms with Crippen LogP contribution in [0.25, 0.3) is 0 Å². The molecular formula is C18H18O10. The van der Waals surface area contributed by atoms with Crippen molar-refractivity contribution in [3.8, 4) is 46.0 Å². The number of phenolic OH excluding ortho intramolecular Hbond substituents is 6. The van der Waals surface area contributed by atoms with Gasteiger partial charge in [0.25, 0.3) is 0 Å². The molecule has 0 aromatic heterocycles. The standard InChI is InChI=1S/C18H18O10/c19-11-5-9(6-12(20)17(11)25)27-15(23)3-1-2-4-16(24)28-10-7-13(21)18(26)14(22)8-10/h5-8,19-22,25-26H,1-4H2. The molecule has 2 rings (SSSR count). The van der Waals surface area contributed by atoms with E-state index in [-0.39, 0.29) is 37.2 Å². The van der Waals surface area contributed by atoms with E-state index >= 15 is 0 Å². The fourth-order valence-electron chi connectivity index (χ4n) is 2.18. The predicted molar refractivity (Wildman–Crippen MR) is 92.6 cm³/mol. The van der Waals surface area contributed by atoms with E-state index in [4.69, 9.17) is 9.47 Å². The molecule has 2 aromatic rings. The SMILES string of the molecule is O=C(CCCCC(=O)Oc1cc(O)c(O)c(O)c1)Oc1cc(O)c(O)c(O)c1. The van der Waals surface area contributed by atoms with Crippen LogP contribution < -0.4 is 9.47 Å². The maximum absolute atomic E-state index is 11.7. The number of hydrogen-bond donors (Lipinski definition) is 6. The lowest BCUT2D eigenvalue weighted by Gasteiger charge is -2.08. The van der Waals surface area contributed by atoms with Crippen LogP contribution in [0.4, 0.5) is 0 Å². The van der Waals surface area contributed by atoms with Crippen LogP contribution >= 0.6 is 0 Å². The van der Waals surface area contributed by atoms with Crippen LogP contribution in [0.2, 0.25) is 0 Å². The fourth-order valence-corrected chi connectivity index (χ4v) is 2.18. The molecule has 0 spiro atoms. The van der Waals surface area contributed by atoms with E-state index in [0.29, 0.717) is 0 Å². The molecule has 10 nitrogen and oxygen atoms in total. The van der Waals surface area contributed by atoms with Crippen LogP contribution in [0, 0.1) is 0 Å². The largest absolute Gasteiger partial charge is 0.504 e. The van der Waals surface area contributed by atoms with Crippen LogP contribution in [0.15, 0.2) is 24.3 Å². The van der Waals surface area contributed by atoms with Gasteiger partial charge in [0.15, 0.2) is 23.0 Å².